The lowest BCUT2D eigenvalue weighted by atomic mass is 9.95. The Kier molecular flexibility index (Phi) is 5.04. The van der Waals surface area contributed by atoms with Gasteiger partial charge in [0.1, 0.15) is 0 Å². The molecule has 3 heteroatoms. The number of unbranched alkanes of at least 4 members (excludes halogenated alkanes) is 5. The zero-order chi connectivity index (χ0) is 13.8. The molecule has 2 rings (SSSR count). The summed E-state index contributed by atoms with van der Waals surface area (Å²) in [5.41, 5.74) is 1.50. The highest BCUT2D eigenvalue weighted by atomic mass is 16.7. The molecule has 1 heterocycles. The van der Waals surface area contributed by atoms with E-state index in [1.165, 1.54) is 31.3 Å². The van der Waals surface area contributed by atoms with Crippen molar-refractivity contribution in [2.45, 2.75) is 64.6 Å². The van der Waals surface area contributed by atoms with Crippen molar-refractivity contribution in [1.82, 2.24) is 0 Å². The van der Waals surface area contributed by atoms with Crippen LogP contribution in [0, 0.1) is 5.41 Å². The normalized spacial score (nSPS) is 23.4. The minimum absolute atomic E-state index is 0.152. The fraction of sp³-hybridized carbons (Fsp3) is 0.875. The molecule has 3 nitrogen and oxygen atoms in total. The third-order valence-corrected chi connectivity index (χ3v) is 3.94. The predicted octanol–water partition coefficient (Wildman–Crippen LogP) is 3.42. The molecule has 1 saturated heterocycles. The standard InChI is InChI=1S/C16H28O3/c1-15(2)12-18-16(19-13-15)11-14(16)9-7-5-3-4-6-8-10-17/h11,17H,3-10,12-13H2,1-2H3. The molecule has 1 spiro atoms. The topological polar surface area (TPSA) is 38.7 Å². The van der Waals surface area contributed by atoms with Crippen molar-refractivity contribution in [3.05, 3.63) is 11.6 Å². The number of rotatable bonds is 8. The maximum absolute atomic E-state index is 8.69. The van der Waals surface area contributed by atoms with Crippen LogP contribution < -0.4 is 0 Å². The van der Waals surface area contributed by atoms with Crippen molar-refractivity contribution < 1.29 is 14.6 Å². The molecule has 19 heavy (non-hydrogen) atoms. The van der Waals surface area contributed by atoms with E-state index < -0.39 is 5.79 Å². The Morgan fingerprint density at radius 3 is 2.21 bits per heavy atom. The summed E-state index contributed by atoms with van der Waals surface area (Å²) in [6.07, 6.45) is 10.4. The van der Waals surface area contributed by atoms with Crippen molar-refractivity contribution in [3.63, 3.8) is 0 Å². The van der Waals surface area contributed by atoms with Gasteiger partial charge in [0, 0.05) is 12.0 Å². The Morgan fingerprint density at radius 1 is 1.00 bits per heavy atom. The summed E-state index contributed by atoms with van der Waals surface area (Å²) in [5.74, 6) is -0.396. The Hall–Kier alpha value is -0.380. The van der Waals surface area contributed by atoms with E-state index in [0.717, 1.165) is 32.5 Å². The first kappa shape index (κ1) is 15.0. The molecule has 0 aromatic rings. The summed E-state index contributed by atoms with van der Waals surface area (Å²) in [6, 6.07) is 0. The van der Waals surface area contributed by atoms with Crippen molar-refractivity contribution in [2.75, 3.05) is 19.8 Å². The van der Waals surface area contributed by atoms with Gasteiger partial charge in [0.2, 0.25) is 5.79 Å². The summed E-state index contributed by atoms with van der Waals surface area (Å²) in [5, 5.41) is 8.69. The lowest BCUT2D eigenvalue weighted by Gasteiger charge is -2.36. The Balaban J connectivity index is 1.51. The van der Waals surface area contributed by atoms with Crippen molar-refractivity contribution in [1.29, 1.82) is 0 Å². The number of hydrogen-bond donors (Lipinski definition) is 1. The fourth-order valence-electron chi connectivity index (χ4n) is 2.53. The zero-order valence-corrected chi connectivity index (χ0v) is 12.4. The van der Waals surface area contributed by atoms with Gasteiger partial charge in [-0.15, -0.1) is 0 Å². The molecule has 0 amide bonds. The minimum Gasteiger partial charge on any atom is -0.396 e. The average molecular weight is 268 g/mol. The van der Waals surface area contributed by atoms with Gasteiger partial charge in [0.25, 0.3) is 0 Å². The van der Waals surface area contributed by atoms with Gasteiger partial charge in [0.15, 0.2) is 0 Å². The predicted molar refractivity (Wildman–Crippen MR) is 75.9 cm³/mol. The summed E-state index contributed by atoms with van der Waals surface area (Å²) >= 11 is 0. The van der Waals surface area contributed by atoms with Crippen LogP contribution in [0.25, 0.3) is 0 Å². The van der Waals surface area contributed by atoms with Crippen LogP contribution in [0.1, 0.15) is 58.8 Å². The van der Waals surface area contributed by atoms with Crippen LogP contribution in [0.4, 0.5) is 0 Å². The zero-order valence-electron chi connectivity index (χ0n) is 12.4. The van der Waals surface area contributed by atoms with E-state index in [4.69, 9.17) is 14.6 Å². The summed E-state index contributed by atoms with van der Waals surface area (Å²) in [6.45, 7) is 6.26. The second-order valence-electron chi connectivity index (χ2n) is 6.67. The van der Waals surface area contributed by atoms with E-state index in [1.54, 1.807) is 0 Å². The fourth-order valence-corrected chi connectivity index (χ4v) is 2.53. The summed E-state index contributed by atoms with van der Waals surface area (Å²) in [7, 11) is 0. The number of hydrogen-bond acceptors (Lipinski definition) is 3. The quantitative estimate of drug-likeness (QED) is 0.541. The largest absolute Gasteiger partial charge is 0.396 e. The van der Waals surface area contributed by atoms with Crippen molar-refractivity contribution in [3.8, 4) is 0 Å². The molecule has 110 valence electrons. The molecular weight excluding hydrogens is 240 g/mol. The molecule has 0 saturated carbocycles. The van der Waals surface area contributed by atoms with Crippen LogP contribution in [-0.2, 0) is 9.47 Å². The van der Waals surface area contributed by atoms with Crippen molar-refractivity contribution >= 4 is 0 Å². The van der Waals surface area contributed by atoms with E-state index in [-0.39, 0.29) is 5.41 Å². The van der Waals surface area contributed by atoms with E-state index in [2.05, 4.69) is 19.9 Å². The molecule has 1 aliphatic carbocycles. The van der Waals surface area contributed by atoms with Crippen LogP contribution in [0.5, 0.6) is 0 Å². The third-order valence-electron chi connectivity index (χ3n) is 3.94. The summed E-state index contributed by atoms with van der Waals surface area (Å²) in [4.78, 5) is 0. The molecular formula is C16H28O3. The van der Waals surface area contributed by atoms with Gasteiger partial charge in [-0.05, 0) is 30.9 Å². The van der Waals surface area contributed by atoms with E-state index in [1.807, 2.05) is 0 Å². The molecule has 2 aliphatic rings. The van der Waals surface area contributed by atoms with Crippen molar-refractivity contribution in [2.24, 2.45) is 5.41 Å². The molecule has 0 bridgehead atoms. The van der Waals surface area contributed by atoms with E-state index in [0.29, 0.717) is 6.61 Å². The van der Waals surface area contributed by atoms with Gasteiger partial charge in [-0.1, -0.05) is 39.5 Å². The average Bonchev–Trinajstić information content (AvgIpc) is 3.06. The van der Waals surface area contributed by atoms with Gasteiger partial charge in [0.05, 0.1) is 13.2 Å². The second kappa shape index (κ2) is 6.38. The van der Waals surface area contributed by atoms with Gasteiger partial charge >= 0.3 is 0 Å². The molecule has 0 aromatic carbocycles. The smallest absolute Gasteiger partial charge is 0.211 e. The van der Waals surface area contributed by atoms with Gasteiger partial charge in [-0.25, -0.2) is 0 Å². The van der Waals surface area contributed by atoms with Crippen LogP contribution in [0.15, 0.2) is 11.6 Å². The van der Waals surface area contributed by atoms with Crippen LogP contribution in [-0.4, -0.2) is 30.7 Å². The maximum atomic E-state index is 8.69. The van der Waals surface area contributed by atoms with E-state index >= 15 is 0 Å². The summed E-state index contributed by atoms with van der Waals surface area (Å²) < 4.78 is 11.7. The van der Waals surface area contributed by atoms with Gasteiger partial charge in [-0.3, -0.25) is 0 Å². The maximum Gasteiger partial charge on any atom is 0.211 e. The Morgan fingerprint density at radius 2 is 1.58 bits per heavy atom. The SMILES string of the molecule is CC1(C)COC2(C=C2CCCCCCCCO)OC1. The van der Waals surface area contributed by atoms with Crippen LogP contribution >= 0.6 is 0 Å². The number of aliphatic hydroxyl groups excluding tert-OH is 1. The first-order chi connectivity index (χ1) is 9.08. The number of aliphatic hydroxyl groups is 1. The molecule has 1 aliphatic heterocycles. The van der Waals surface area contributed by atoms with Gasteiger partial charge in [-0.2, -0.15) is 0 Å². The minimum atomic E-state index is -0.396. The van der Waals surface area contributed by atoms with E-state index in [9.17, 15) is 0 Å². The first-order valence-corrected chi connectivity index (χ1v) is 7.69. The monoisotopic (exact) mass is 268 g/mol. The first-order valence-electron chi connectivity index (χ1n) is 7.69. The van der Waals surface area contributed by atoms with Gasteiger partial charge < -0.3 is 14.6 Å². The lowest BCUT2D eigenvalue weighted by molar-refractivity contribution is -0.230. The highest BCUT2D eigenvalue weighted by Crippen LogP contribution is 2.47. The molecule has 1 N–H and O–H groups in total. The Labute approximate surface area is 117 Å². The molecule has 0 atom stereocenters. The molecule has 0 unspecified atom stereocenters. The van der Waals surface area contributed by atoms with Crippen LogP contribution in [0.2, 0.25) is 0 Å². The third kappa shape index (κ3) is 4.30. The molecule has 0 radical (unpaired) electrons. The Bertz CT molecular complexity index is 310. The second-order valence-corrected chi connectivity index (χ2v) is 6.67. The highest BCUT2D eigenvalue weighted by Gasteiger charge is 2.50. The molecule has 1 fully saturated rings. The highest BCUT2D eigenvalue weighted by molar-refractivity contribution is 5.39. The lowest BCUT2D eigenvalue weighted by Crippen LogP contribution is -2.40. The van der Waals surface area contributed by atoms with Crippen LogP contribution in [0.3, 0.4) is 0 Å². The number of ether oxygens (including phenoxy) is 2. The molecule has 0 aromatic heterocycles.